The highest BCUT2D eigenvalue weighted by Crippen LogP contribution is 2.37. The molecule has 106 valence electrons. The predicted octanol–water partition coefficient (Wildman–Crippen LogP) is 4.39. The first-order valence-corrected chi connectivity index (χ1v) is 9.56. The molecule has 0 N–H and O–H groups in total. The van der Waals surface area contributed by atoms with Crippen molar-refractivity contribution in [3.8, 4) is 11.5 Å². The SMILES string of the molecule is CCC(=O)Oc1ccc(O[Si](C)(C)C(C)(C)C)cc1. The second-order valence-corrected chi connectivity index (χ2v) is 10.9. The van der Waals surface area contributed by atoms with E-state index in [2.05, 4.69) is 33.9 Å². The number of hydrogen-bond acceptors (Lipinski definition) is 3. The number of esters is 1. The first-order valence-electron chi connectivity index (χ1n) is 6.65. The molecule has 0 aromatic heterocycles. The Hall–Kier alpha value is -1.29. The van der Waals surface area contributed by atoms with Crippen LogP contribution in [-0.2, 0) is 4.79 Å². The third-order valence-corrected chi connectivity index (χ3v) is 7.88. The van der Waals surface area contributed by atoms with Gasteiger partial charge in [0, 0.05) is 6.42 Å². The van der Waals surface area contributed by atoms with Crippen molar-refractivity contribution < 1.29 is 14.0 Å². The first-order chi connectivity index (χ1) is 8.65. The highest BCUT2D eigenvalue weighted by Gasteiger charge is 2.38. The van der Waals surface area contributed by atoms with Gasteiger partial charge in [-0.25, -0.2) is 0 Å². The molecule has 0 aliphatic heterocycles. The van der Waals surface area contributed by atoms with Crippen molar-refractivity contribution in [2.75, 3.05) is 0 Å². The zero-order chi connectivity index (χ0) is 14.7. The van der Waals surface area contributed by atoms with Crippen LogP contribution in [0.4, 0.5) is 0 Å². The first kappa shape index (κ1) is 15.8. The average Bonchev–Trinajstić information content (AvgIpc) is 2.29. The fourth-order valence-electron chi connectivity index (χ4n) is 1.23. The van der Waals surface area contributed by atoms with E-state index in [1.165, 1.54) is 0 Å². The quantitative estimate of drug-likeness (QED) is 0.466. The van der Waals surface area contributed by atoms with Crippen molar-refractivity contribution in [1.82, 2.24) is 0 Å². The topological polar surface area (TPSA) is 35.5 Å². The number of ether oxygens (including phenoxy) is 1. The maximum absolute atomic E-state index is 11.2. The highest BCUT2D eigenvalue weighted by atomic mass is 28.4. The molecule has 0 bridgehead atoms. The summed E-state index contributed by atoms with van der Waals surface area (Å²) in [6.45, 7) is 12.8. The van der Waals surface area contributed by atoms with E-state index >= 15 is 0 Å². The molecule has 0 unspecified atom stereocenters. The smallest absolute Gasteiger partial charge is 0.310 e. The Labute approximate surface area is 117 Å². The van der Waals surface area contributed by atoms with Crippen molar-refractivity contribution in [2.24, 2.45) is 0 Å². The normalized spacial score (nSPS) is 12.1. The van der Waals surface area contributed by atoms with E-state index in [-0.39, 0.29) is 11.0 Å². The molecule has 1 aromatic rings. The molecule has 19 heavy (non-hydrogen) atoms. The lowest BCUT2D eigenvalue weighted by atomic mass is 10.2. The van der Waals surface area contributed by atoms with Crippen LogP contribution in [0.5, 0.6) is 11.5 Å². The van der Waals surface area contributed by atoms with Gasteiger partial charge in [0.25, 0.3) is 0 Å². The van der Waals surface area contributed by atoms with E-state index in [4.69, 9.17) is 9.16 Å². The van der Waals surface area contributed by atoms with Gasteiger partial charge in [-0.1, -0.05) is 27.7 Å². The summed E-state index contributed by atoms with van der Waals surface area (Å²) in [5.41, 5.74) is 0. The minimum Gasteiger partial charge on any atom is -0.543 e. The molecule has 0 saturated heterocycles. The van der Waals surface area contributed by atoms with Crippen LogP contribution in [-0.4, -0.2) is 14.3 Å². The molecule has 0 saturated carbocycles. The number of carbonyl (C=O) groups excluding carboxylic acids is 1. The molecule has 0 fully saturated rings. The number of rotatable bonds is 4. The van der Waals surface area contributed by atoms with Crippen LogP contribution in [0.25, 0.3) is 0 Å². The van der Waals surface area contributed by atoms with Gasteiger partial charge in [0.05, 0.1) is 0 Å². The number of hydrogen-bond donors (Lipinski definition) is 0. The summed E-state index contributed by atoms with van der Waals surface area (Å²) in [5.74, 6) is 1.18. The zero-order valence-electron chi connectivity index (χ0n) is 12.7. The molecule has 0 atom stereocenters. The Kier molecular flexibility index (Phi) is 4.79. The van der Waals surface area contributed by atoms with Gasteiger partial charge in [-0.2, -0.15) is 0 Å². The second-order valence-electron chi connectivity index (χ2n) is 6.16. The van der Waals surface area contributed by atoms with E-state index in [0.717, 1.165) is 5.75 Å². The van der Waals surface area contributed by atoms with Gasteiger partial charge in [0.2, 0.25) is 8.32 Å². The Bertz CT molecular complexity index is 430. The average molecular weight is 280 g/mol. The van der Waals surface area contributed by atoms with Crippen molar-refractivity contribution in [3.05, 3.63) is 24.3 Å². The van der Waals surface area contributed by atoms with E-state index in [9.17, 15) is 4.79 Å². The highest BCUT2D eigenvalue weighted by molar-refractivity contribution is 6.74. The Morgan fingerprint density at radius 3 is 2.00 bits per heavy atom. The third-order valence-electron chi connectivity index (χ3n) is 3.52. The van der Waals surface area contributed by atoms with E-state index in [1.54, 1.807) is 19.1 Å². The molecule has 0 heterocycles. The van der Waals surface area contributed by atoms with Gasteiger partial charge >= 0.3 is 5.97 Å². The lowest BCUT2D eigenvalue weighted by Gasteiger charge is -2.36. The molecule has 0 aliphatic carbocycles. The van der Waals surface area contributed by atoms with Gasteiger partial charge in [-0.15, -0.1) is 0 Å². The molecule has 0 aliphatic rings. The summed E-state index contributed by atoms with van der Waals surface area (Å²) in [6, 6.07) is 7.27. The molecule has 0 radical (unpaired) electrons. The van der Waals surface area contributed by atoms with Gasteiger partial charge in [-0.3, -0.25) is 4.79 Å². The maximum Gasteiger partial charge on any atom is 0.310 e. The van der Waals surface area contributed by atoms with E-state index < -0.39 is 8.32 Å². The van der Waals surface area contributed by atoms with Crippen LogP contribution in [0.1, 0.15) is 34.1 Å². The Morgan fingerprint density at radius 1 is 1.11 bits per heavy atom. The summed E-state index contributed by atoms with van der Waals surface area (Å²) in [5, 5.41) is 0.167. The van der Waals surface area contributed by atoms with Crippen molar-refractivity contribution in [2.45, 2.75) is 52.2 Å². The third kappa shape index (κ3) is 4.38. The molecular weight excluding hydrogens is 256 g/mol. The van der Waals surface area contributed by atoms with Gasteiger partial charge in [0.15, 0.2) is 0 Å². The van der Waals surface area contributed by atoms with Crippen molar-refractivity contribution in [3.63, 3.8) is 0 Å². The lowest BCUT2D eigenvalue weighted by molar-refractivity contribution is -0.134. The predicted molar refractivity (Wildman–Crippen MR) is 80.2 cm³/mol. The summed E-state index contributed by atoms with van der Waals surface area (Å²) in [4.78, 5) is 11.2. The molecule has 3 nitrogen and oxygen atoms in total. The maximum atomic E-state index is 11.2. The lowest BCUT2D eigenvalue weighted by Crippen LogP contribution is -2.43. The summed E-state index contributed by atoms with van der Waals surface area (Å²) in [7, 11) is -1.81. The minimum atomic E-state index is -1.81. The van der Waals surface area contributed by atoms with Crippen molar-refractivity contribution >= 4 is 14.3 Å². The molecule has 0 amide bonds. The fourth-order valence-corrected chi connectivity index (χ4v) is 2.26. The largest absolute Gasteiger partial charge is 0.543 e. The van der Waals surface area contributed by atoms with Crippen LogP contribution in [0.3, 0.4) is 0 Å². The fraction of sp³-hybridized carbons (Fsp3) is 0.533. The van der Waals surface area contributed by atoms with Crippen LogP contribution in [0, 0.1) is 0 Å². The summed E-state index contributed by atoms with van der Waals surface area (Å²) >= 11 is 0. The van der Waals surface area contributed by atoms with E-state index in [0.29, 0.717) is 12.2 Å². The van der Waals surface area contributed by atoms with Crippen LogP contribution >= 0.6 is 0 Å². The monoisotopic (exact) mass is 280 g/mol. The van der Waals surface area contributed by atoms with Gasteiger partial charge in [0.1, 0.15) is 11.5 Å². The number of carbonyl (C=O) groups is 1. The Morgan fingerprint density at radius 2 is 1.58 bits per heavy atom. The van der Waals surface area contributed by atoms with Crippen LogP contribution in [0.2, 0.25) is 18.1 Å². The molecule has 4 heteroatoms. The van der Waals surface area contributed by atoms with Crippen molar-refractivity contribution in [1.29, 1.82) is 0 Å². The summed E-state index contributed by atoms with van der Waals surface area (Å²) < 4.78 is 11.3. The van der Waals surface area contributed by atoms with Gasteiger partial charge < -0.3 is 9.16 Å². The van der Waals surface area contributed by atoms with Crippen LogP contribution < -0.4 is 9.16 Å². The van der Waals surface area contributed by atoms with E-state index in [1.807, 2.05) is 12.1 Å². The zero-order valence-corrected chi connectivity index (χ0v) is 13.7. The Balaban J connectivity index is 2.75. The molecule has 1 aromatic carbocycles. The molecular formula is C15H24O3Si. The number of benzene rings is 1. The molecule has 0 spiro atoms. The van der Waals surface area contributed by atoms with Gasteiger partial charge in [-0.05, 0) is 42.4 Å². The summed E-state index contributed by atoms with van der Waals surface area (Å²) in [6.07, 6.45) is 0.377. The second kappa shape index (κ2) is 5.78. The standard InChI is InChI=1S/C15H24O3Si/c1-7-14(16)17-12-8-10-13(11-9-12)18-19(5,6)15(2,3)4/h8-11H,7H2,1-6H3. The minimum absolute atomic E-state index is 0.167. The molecule has 1 rings (SSSR count). The van der Waals surface area contributed by atoms with Crippen LogP contribution in [0.15, 0.2) is 24.3 Å².